The summed E-state index contributed by atoms with van der Waals surface area (Å²) in [5.41, 5.74) is 5.90. The molecule has 0 aromatic rings. The number of rotatable bonds is 16. The van der Waals surface area contributed by atoms with Gasteiger partial charge in [0, 0.05) is 18.5 Å². The van der Waals surface area contributed by atoms with Crippen LogP contribution in [0.25, 0.3) is 0 Å². The van der Waals surface area contributed by atoms with E-state index in [4.69, 9.17) is 14.8 Å². The van der Waals surface area contributed by atoms with Crippen molar-refractivity contribution in [1.82, 2.24) is 5.32 Å². The predicted octanol–water partition coefficient (Wildman–Crippen LogP) is 1.80. The Bertz CT molecular complexity index is 471. The number of carbonyl (C=O) groups excluding carboxylic acids is 1. The minimum atomic E-state index is -3.99. The number of quaternary nitrogens is 1. The molecule has 0 aromatic carbocycles. The zero-order valence-corrected chi connectivity index (χ0v) is 17.4. The van der Waals surface area contributed by atoms with Crippen molar-refractivity contribution < 1.29 is 27.8 Å². The van der Waals surface area contributed by atoms with Crippen LogP contribution in [0.3, 0.4) is 0 Å². The topological polar surface area (TPSA) is 111 Å². The summed E-state index contributed by atoms with van der Waals surface area (Å²) in [5, 5.41) is 2.79. The van der Waals surface area contributed by atoms with E-state index in [-0.39, 0.29) is 19.1 Å². The first kappa shape index (κ1) is 25.2. The molecule has 0 aliphatic heterocycles. The minimum absolute atomic E-state index is 0.131. The average Bonchev–Trinajstić information content (AvgIpc) is 2.54. The maximum Gasteiger partial charge on any atom is 0.472 e. The summed E-state index contributed by atoms with van der Waals surface area (Å²) in [5.74, 6) is -0.139. The van der Waals surface area contributed by atoms with E-state index in [0.717, 1.165) is 32.2 Å². The van der Waals surface area contributed by atoms with Crippen molar-refractivity contribution in [3.63, 3.8) is 0 Å². The summed E-state index contributed by atoms with van der Waals surface area (Å²) in [4.78, 5) is 21.1. The van der Waals surface area contributed by atoms with Gasteiger partial charge in [-0.2, -0.15) is 0 Å². The molecule has 0 bridgehead atoms. The Hall–Kier alpha value is -0.760. The number of hydrogen-bond donors (Lipinski definition) is 3. The number of unbranched alkanes of at least 4 members (excludes halogenated alkanes) is 3. The van der Waals surface area contributed by atoms with Crippen LogP contribution in [0.1, 0.15) is 39.0 Å². The number of hydrogen-bond acceptors (Lipinski definition) is 5. The number of likely N-dealkylation sites (N-methyl/N-ethyl adjacent to an activating group) is 1. The van der Waals surface area contributed by atoms with Gasteiger partial charge in [-0.25, -0.2) is 4.57 Å². The predicted molar refractivity (Wildman–Crippen MR) is 104 cm³/mol. The molecule has 0 spiro atoms. The third-order valence-corrected chi connectivity index (χ3v) is 4.94. The van der Waals surface area contributed by atoms with Gasteiger partial charge in [0.25, 0.3) is 0 Å². The van der Waals surface area contributed by atoms with E-state index in [1.54, 1.807) is 6.92 Å². The number of amides is 1. The standard InChI is InChI=1S/C17H36N3O5P/c1-16(2)17(21)19-11-9-12-20(3,4)13-15-25-26(22,23)24-14-8-6-5-7-10-18/h1,5-15,18H2,2-4H3,(H-,19,21,22,23)/p+1. The molecular weight excluding hydrogens is 357 g/mol. The minimum Gasteiger partial charge on any atom is -0.352 e. The lowest BCUT2D eigenvalue weighted by molar-refractivity contribution is -0.890. The van der Waals surface area contributed by atoms with Crippen molar-refractivity contribution in [2.24, 2.45) is 5.73 Å². The zero-order valence-electron chi connectivity index (χ0n) is 16.5. The van der Waals surface area contributed by atoms with Crippen molar-refractivity contribution in [3.05, 3.63) is 12.2 Å². The Morgan fingerprint density at radius 1 is 1.12 bits per heavy atom. The maximum atomic E-state index is 11.8. The van der Waals surface area contributed by atoms with E-state index < -0.39 is 7.82 Å². The first-order chi connectivity index (χ1) is 12.1. The van der Waals surface area contributed by atoms with E-state index in [1.807, 2.05) is 14.1 Å². The Balaban J connectivity index is 3.87. The van der Waals surface area contributed by atoms with E-state index >= 15 is 0 Å². The van der Waals surface area contributed by atoms with E-state index in [9.17, 15) is 14.3 Å². The highest BCUT2D eigenvalue weighted by Crippen LogP contribution is 2.43. The fourth-order valence-electron chi connectivity index (χ4n) is 2.19. The molecule has 1 unspecified atom stereocenters. The molecule has 0 aliphatic carbocycles. The molecule has 0 saturated carbocycles. The van der Waals surface area contributed by atoms with Gasteiger partial charge >= 0.3 is 7.82 Å². The van der Waals surface area contributed by atoms with Crippen LogP contribution in [0, 0.1) is 0 Å². The molecule has 8 nitrogen and oxygen atoms in total. The fourth-order valence-corrected chi connectivity index (χ4v) is 2.94. The van der Waals surface area contributed by atoms with Crippen LogP contribution in [0.5, 0.6) is 0 Å². The van der Waals surface area contributed by atoms with Gasteiger partial charge in [-0.1, -0.05) is 19.4 Å². The number of nitrogens with two attached hydrogens (primary N) is 1. The largest absolute Gasteiger partial charge is 0.472 e. The monoisotopic (exact) mass is 394 g/mol. The van der Waals surface area contributed by atoms with Crippen molar-refractivity contribution in [1.29, 1.82) is 0 Å². The molecule has 9 heteroatoms. The molecule has 0 heterocycles. The summed E-state index contributed by atoms with van der Waals surface area (Å²) in [6, 6.07) is 0. The molecule has 4 N–H and O–H groups in total. The van der Waals surface area contributed by atoms with Crippen LogP contribution < -0.4 is 11.1 Å². The van der Waals surface area contributed by atoms with Crippen LogP contribution in [-0.2, 0) is 18.4 Å². The van der Waals surface area contributed by atoms with Crippen molar-refractivity contribution in [2.75, 3.05) is 53.5 Å². The summed E-state index contributed by atoms with van der Waals surface area (Å²) in [7, 11) is 0.0176. The second kappa shape index (κ2) is 13.4. The third-order valence-electron chi connectivity index (χ3n) is 3.92. The van der Waals surface area contributed by atoms with Gasteiger partial charge in [0.2, 0.25) is 5.91 Å². The van der Waals surface area contributed by atoms with Gasteiger partial charge in [0.1, 0.15) is 13.2 Å². The normalized spacial score (nSPS) is 14.0. The van der Waals surface area contributed by atoms with Crippen LogP contribution in [0.2, 0.25) is 0 Å². The number of carbonyl (C=O) groups is 1. The van der Waals surface area contributed by atoms with E-state index in [2.05, 4.69) is 11.9 Å². The number of nitrogens with one attached hydrogen (secondary N) is 1. The molecule has 0 radical (unpaired) electrons. The van der Waals surface area contributed by atoms with Gasteiger partial charge in [-0.05, 0) is 26.3 Å². The van der Waals surface area contributed by atoms with Crippen LogP contribution >= 0.6 is 7.82 Å². The highest BCUT2D eigenvalue weighted by Gasteiger charge is 2.23. The molecule has 0 aliphatic rings. The van der Waals surface area contributed by atoms with Crippen LogP contribution in [0.4, 0.5) is 0 Å². The van der Waals surface area contributed by atoms with Crippen molar-refractivity contribution in [3.8, 4) is 0 Å². The second-order valence-electron chi connectivity index (χ2n) is 7.11. The smallest absolute Gasteiger partial charge is 0.352 e. The zero-order chi connectivity index (χ0) is 20.1. The number of phosphoric acid groups is 1. The molecular formula is C17H37N3O5P+. The fraction of sp³-hybridized carbons (Fsp3) is 0.824. The lowest BCUT2D eigenvalue weighted by atomic mass is 10.2. The summed E-state index contributed by atoms with van der Waals surface area (Å²) in [6.07, 6.45) is 4.38. The van der Waals surface area contributed by atoms with Crippen molar-refractivity contribution in [2.45, 2.75) is 39.0 Å². The Morgan fingerprint density at radius 2 is 1.73 bits per heavy atom. The Morgan fingerprint density at radius 3 is 2.35 bits per heavy atom. The number of nitrogens with zero attached hydrogens (tertiary/aromatic N) is 1. The first-order valence-electron chi connectivity index (χ1n) is 9.17. The quantitative estimate of drug-likeness (QED) is 0.159. The number of phosphoric ester groups is 1. The van der Waals surface area contributed by atoms with E-state index in [0.29, 0.717) is 36.1 Å². The van der Waals surface area contributed by atoms with Crippen LogP contribution in [-0.4, -0.2) is 68.8 Å². The Labute approximate surface area is 157 Å². The van der Waals surface area contributed by atoms with Gasteiger partial charge in [-0.15, -0.1) is 0 Å². The highest BCUT2D eigenvalue weighted by molar-refractivity contribution is 7.47. The van der Waals surface area contributed by atoms with Gasteiger partial charge in [0.15, 0.2) is 0 Å². The molecule has 1 amide bonds. The van der Waals surface area contributed by atoms with Crippen LogP contribution in [0.15, 0.2) is 12.2 Å². The SMILES string of the molecule is C=C(C)C(=O)NCCC[N+](C)(C)CCOP(=O)(O)OCCCCCCN. The first-order valence-corrected chi connectivity index (χ1v) is 10.7. The van der Waals surface area contributed by atoms with Gasteiger partial charge in [0.05, 0.1) is 27.2 Å². The summed E-state index contributed by atoms with van der Waals surface area (Å²) >= 11 is 0. The maximum absolute atomic E-state index is 11.8. The van der Waals surface area contributed by atoms with Gasteiger partial charge in [-0.3, -0.25) is 13.8 Å². The Kier molecular flexibility index (Phi) is 13.0. The molecule has 26 heavy (non-hydrogen) atoms. The third kappa shape index (κ3) is 14.4. The molecule has 0 rings (SSSR count). The summed E-state index contributed by atoms with van der Waals surface area (Å²) in [6.45, 7) is 8.20. The summed E-state index contributed by atoms with van der Waals surface area (Å²) < 4.78 is 22.4. The molecule has 0 fully saturated rings. The average molecular weight is 394 g/mol. The van der Waals surface area contributed by atoms with E-state index in [1.165, 1.54) is 0 Å². The molecule has 154 valence electrons. The molecule has 1 atom stereocenters. The molecule has 0 aromatic heterocycles. The lowest BCUT2D eigenvalue weighted by Crippen LogP contribution is -2.44. The second-order valence-corrected chi connectivity index (χ2v) is 8.56. The molecule has 0 saturated heterocycles. The van der Waals surface area contributed by atoms with Gasteiger partial charge < -0.3 is 20.4 Å². The lowest BCUT2D eigenvalue weighted by Gasteiger charge is -2.29. The highest BCUT2D eigenvalue weighted by atomic mass is 31.2. The van der Waals surface area contributed by atoms with Crippen molar-refractivity contribution >= 4 is 13.7 Å².